The molecule has 3 fully saturated rings. The summed E-state index contributed by atoms with van der Waals surface area (Å²) >= 11 is 0. The van der Waals surface area contributed by atoms with Crippen molar-refractivity contribution in [3.8, 4) is 0 Å². The van der Waals surface area contributed by atoms with Crippen LogP contribution in [0.1, 0.15) is 18.4 Å². The van der Waals surface area contributed by atoms with Gasteiger partial charge in [0.05, 0.1) is 6.54 Å². The minimum Gasteiger partial charge on any atom is -0.364 e. The molecule has 4 aliphatic heterocycles. The number of hydrogen-bond acceptors (Lipinski definition) is 4. The Morgan fingerprint density at radius 3 is 2.95 bits per heavy atom. The summed E-state index contributed by atoms with van der Waals surface area (Å²) < 4.78 is 0. The number of fused-ring (bicyclic) bond motifs is 3. The molecule has 0 aliphatic carbocycles. The van der Waals surface area contributed by atoms with Gasteiger partial charge in [0, 0.05) is 23.2 Å². The second-order valence-corrected chi connectivity index (χ2v) is 6.38. The van der Waals surface area contributed by atoms with Crippen molar-refractivity contribution in [1.82, 2.24) is 15.2 Å². The van der Waals surface area contributed by atoms with E-state index in [2.05, 4.69) is 44.6 Å². The van der Waals surface area contributed by atoms with Crippen LogP contribution in [0.15, 0.2) is 35.6 Å². The second-order valence-electron chi connectivity index (χ2n) is 6.38. The Hall–Kier alpha value is -2.01. The fourth-order valence-electron chi connectivity index (χ4n) is 3.96. The fraction of sp³-hybridized carbons (Fsp3) is 0.438. The molecule has 5 nitrogen and oxygen atoms in total. The van der Waals surface area contributed by atoms with Crippen LogP contribution < -0.4 is 5.32 Å². The van der Waals surface area contributed by atoms with Crippen LogP contribution in [0.3, 0.4) is 0 Å². The summed E-state index contributed by atoms with van der Waals surface area (Å²) in [5.74, 6) is 1.43. The Morgan fingerprint density at radius 1 is 1.24 bits per heavy atom. The van der Waals surface area contributed by atoms with Crippen LogP contribution in [0.5, 0.6) is 0 Å². The lowest BCUT2D eigenvalue weighted by Gasteiger charge is -2.49. The van der Waals surface area contributed by atoms with Crippen molar-refractivity contribution < 1.29 is 4.84 Å². The van der Waals surface area contributed by atoms with Gasteiger partial charge < -0.3 is 15.1 Å². The normalized spacial score (nSPS) is 34.0. The van der Waals surface area contributed by atoms with Gasteiger partial charge in [-0.15, -0.1) is 0 Å². The maximum atomic E-state index is 5.90. The number of aromatic amines is 1. The van der Waals surface area contributed by atoms with E-state index in [1.165, 1.54) is 31.3 Å². The highest BCUT2D eigenvalue weighted by atomic mass is 16.7. The van der Waals surface area contributed by atoms with Crippen molar-refractivity contribution in [2.24, 2.45) is 11.1 Å². The van der Waals surface area contributed by atoms with Gasteiger partial charge in [-0.3, -0.25) is 4.90 Å². The molecule has 0 saturated carbocycles. The average Bonchev–Trinajstić information content (AvgIpc) is 3.15. The third-order valence-electron chi connectivity index (χ3n) is 5.16. The van der Waals surface area contributed by atoms with Crippen molar-refractivity contribution in [2.45, 2.75) is 18.6 Å². The molecule has 0 unspecified atom stereocenters. The lowest BCUT2D eigenvalue weighted by atomic mass is 9.81. The molecule has 2 bridgehead atoms. The van der Waals surface area contributed by atoms with Gasteiger partial charge in [0.2, 0.25) is 5.72 Å². The maximum Gasteiger partial charge on any atom is 0.224 e. The van der Waals surface area contributed by atoms with E-state index in [1.807, 2.05) is 6.20 Å². The monoisotopic (exact) mass is 282 g/mol. The Labute approximate surface area is 122 Å². The molecule has 4 aliphatic rings. The quantitative estimate of drug-likeness (QED) is 0.839. The number of nitrogens with zero attached hydrogens (tertiary/aromatic N) is 2. The minimum absolute atomic E-state index is 0.295. The van der Waals surface area contributed by atoms with Gasteiger partial charge in [-0.25, -0.2) is 0 Å². The maximum absolute atomic E-state index is 5.90. The SMILES string of the molecule is c1cc2ccc(C3=NO[C@@]4(CN5CCC4CC5)N3)cc2[nH]1. The standard InChI is InChI=1S/C16H18N4O/c1-2-12(9-14-11(1)3-6-17-14)15-18-16(21-19-15)10-20-7-4-13(16)5-8-20/h1-3,6,9,13,17H,4-5,7-8,10H2,(H,18,19)/t16-/m1/s1. The largest absolute Gasteiger partial charge is 0.364 e. The number of amidine groups is 1. The highest BCUT2D eigenvalue weighted by molar-refractivity contribution is 6.02. The van der Waals surface area contributed by atoms with Gasteiger partial charge in [-0.05, 0) is 43.5 Å². The van der Waals surface area contributed by atoms with E-state index < -0.39 is 0 Å². The van der Waals surface area contributed by atoms with E-state index in [9.17, 15) is 0 Å². The molecule has 6 rings (SSSR count). The third kappa shape index (κ3) is 1.64. The lowest BCUT2D eigenvalue weighted by molar-refractivity contribution is -0.148. The van der Waals surface area contributed by atoms with Crippen molar-refractivity contribution in [3.05, 3.63) is 36.0 Å². The van der Waals surface area contributed by atoms with Crippen LogP contribution in [-0.2, 0) is 4.84 Å². The smallest absolute Gasteiger partial charge is 0.224 e. The van der Waals surface area contributed by atoms with Crippen molar-refractivity contribution in [2.75, 3.05) is 19.6 Å². The summed E-state index contributed by atoms with van der Waals surface area (Å²) in [6.07, 6.45) is 4.36. The summed E-state index contributed by atoms with van der Waals surface area (Å²) in [5, 5.41) is 9.16. The second kappa shape index (κ2) is 4.01. The molecule has 5 heteroatoms. The van der Waals surface area contributed by atoms with Crippen LogP contribution in [-0.4, -0.2) is 41.1 Å². The summed E-state index contributed by atoms with van der Waals surface area (Å²) in [6.45, 7) is 3.33. The number of benzene rings is 1. The zero-order chi connectivity index (χ0) is 13.9. The van der Waals surface area contributed by atoms with Crippen molar-refractivity contribution in [1.29, 1.82) is 0 Å². The van der Waals surface area contributed by atoms with Crippen LogP contribution in [0.25, 0.3) is 10.9 Å². The van der Waals surface area contributed by atoms with Gasteiger partial charge in [0.25, 0.3) is 0 Å². The molecule has 1 atom stereocenters. The first-order valence-electron chi connectivity index (χ1n) is 7.67. The molecule has 3 saturated heterocycles. The molecule has 5 heterocycles. The number of nitrogens with one attached hydrogen (secondary N) is 2. The average molecular weight is 282 g/mol. The molecule has 0 radical (unpaired) electrons. The van der Waals surface area contributed by atoms with Gasteiger partial charge in [-0.1, -0.05) is 17.3 Å². The Bertz CT molecular complexity index is 729. The molecule has 108 valence electrons. The lowest BCUT2D eigenvalue weighted by Crippen LogP contribution is -2.65. The van der Waals surface area contributed by atoms with E-state index in [0.717, 1.165) is 23.5 Å². The van der Waals surface area contributed by atoms with Crippen molar-refractivity contribution in [3.63, 3.8) is 0 Å². The van der Waals surface area contributed by atoms with Gasteiger partial charge >= 0.3 is 0 Å². The number of hydrogen-bond donors (Lipinski definition) is 2. The van der Waals surface area contributed by atoms with Crippen LogP contribution >= 0.6 is 0 Å². The third-order valence-corrected chi connectivity index (χ3v) is 5.16. The summed E-state index contributed by atoms with van der Waals surface area (Å²) in [6, 6.07) is 8.43. The van der Waals surface area contributed by atoms with E-state index in [0.29, 0.717) is 5.92 Å². The Balaban J connectivity index is 1.46. The predicted octanol–water partition coefficient (Wildman–Crippen LogP) is 1.87. The highest BCUT2D eigenvalue weighted by Crippen LogP contribution is 2.39. The summed E-state index contributed by atoms with van der Waals surface area (Å²) in [5.41, 5.74) is 1.92. The number of aromatic nitrogens is 1. The first-order chi connectivity index (χ1) is 10.3. The molecule has 2 aromatic rings. The van der Waals surface area contributed by atoms with Gasteiger partial charge in [0.15, 0.2) is 5.84 Å². The number of piperidine rings is 3. The van der Waals surface area contributed by atoms with E-state index >= 15 is 0 Å². The van der Waals surface area contributed by atoms with E-state index in [1.54, 1.807) is 0 Å². The molecule has 0 amide bonds. The van der Waals surface area contributed by atoms with Crippen molar-refractivity contribution >= 4 is 16.7 Å². The fourth-order valence-corrected chi connectivity index (χ4v) is 3.96. The van der Waals surface area contributed by atoms with Crippen LogP contribution in [0.4, 0.5) is 0 Å². The molecule has 1 aromatic carbocycles. The predicted molar refractivity (Wildman–Crippen MR) is 81.0 cm³/mol. The minimum atomic E-state index is -0.295. The highest BCUT2D eigenvalue weighted by Gasteiger charge is 2.52. The number of oxime groups is 1. The molecule has 1 aromatic heterocycles. The molecular weight excluding hydrogens is 264 g/mol. The van der Waals surface area contributed by atoms with Gasteiger partial charge in [0.1, 0.15) is 0 Å². The Kier molecular flexibility index (Phi) is 2.22. The molecule has 2 N–H and O–H groups in total. The summed E-state index contributed by atoms with van der Waals surface area (Å²) in [4.78, 5) is 11.6. The topological polar surface area (TPSA) is 52.6 Å². The zero-order valence-corrected chi connectivity index (χ0v) is 11.8. The summed E-state index contributed by atoms with van der Waals surface area (Å²) in [7, 11) is 0. The number of rotatable bonds is 1. The first-order valence-corrected chi connectivity index (χ1v) is 7.67. The van der Waals surface area contributed by atoms with Crippen LogP contribution in [0, 0.1) is 5.92 Å². The first kappa shape index (κ1) is 11.6. The zero-order valence-electron chi connectivity index (χ0n) is 11.8. The molecular formula is C16H18N4O. The Morgan fingerprint density at radius 2 is 2.14 bits per heavy atom. The molecule has 1 spiro atoms. The molecule has 21 heavy (non-hydrogen) atoms. The van der Waals surface area contributed by atoms with Gasteiger partial charge in [-0.2, -0.15) is 0 Å². The number of H-pyrrole nitrogens is 1. The van der Waals surface area contributed by atoms with E-state index in [4.69, 9.17) is 4.84 Å². The van der Waals surface area contributed by atoms with E-state index in [-0.39, 0.29) is 5.72 Å². The van der Waals surface area contributed by atoms with Crippen LogP contribution in [0.2, 0.25) is 0 Å².